The molecule has 0 radical (unpaired) electrons. The van der Waals surface area contributed by atoms with Gasteiger partial charge in [-0.15, -0.1) is 5.10 Å². The smallest absolute Gasteiger partial charge is 0.232 e. The number of benzene rings is 2. The molecule has 0 fully saturated rings. The van der Waals surface area contributed by atoms with E-state index in [1.807, 2.05) is 31.2 Å². The summed E-state index contributed by atoms with van der Waals surface area (Å²) in [5.41, 5.74) is 3.38. The molecule has 0 unspecified atom stereocenters. The van der Waals surface area contributed by atoms with Crippen LogP contribution < -0.4 is 14.2 Å². The lowest BCUT2D eigenvalue weighted by Gasteiger charge is -2.12. The average Bonchev–Trinajstić information content (AvgIpc) is 3.28. The van der Waals surface area contributed by atoms with Gasteiger partial charge in [0.25, 0.3) is 0 Å². The van der Waals surface area contributed by atoms with Crippen LogP contribution in [0.1, 0.15) is 11.3 Å². The predicted molar refractivity (Wildman–Crippen MR) is 124 cm³/mol. The Kier molecular flexibility index (Phi) is 6.32. The van der Waals surface area contributed by atoms with E-state index in [4.69, 9.17) is 14.2 Å². The van der Waals surface area contributed by atoms with Crippen LogP contribution in [0.15, 0.2) is 71.8 Å². The lowest BCUT2D eigenvalue weighted by molar-refractivity contribution is 0.299. The van der Waals surface area contributed by atoms with Crippen molar-refractivity contribution in [3.05, 3.63) is 78.1 Å². The van der Waals surface area contributed by atoms with E-state index >= 15 is 0 Å². The van der Waals surface area contributed by atoms with E-state index in [1.54, 1.807) is 37.6 Å². The zero-order valence-corrected chi connectivity index (χ0v) is 19.2. The molecule has 2 heterocycles. The highest BCUT2D eigenvalue weighted by Gasteiger charge is 2.12. The molecule has 8 nitrogen and oxygen atoms in total. The summed E-state index contributed by atoms with van der Waals surface area (Å²) in [4.78, 5) is 4.59. The number of sulfone groups is 1. The molecule has 1 N–H and O–H groups in total. The lowest BCUT2D eigenvalue weighted by Crippen LogP contribution is -2.01. The van der Waals surface area contributed by atoms with Crippen molar-refractivity contribution in [2.45, 2.75) is 18.4 Å². The van der Waals surface area contributed by atoms with Gasteiger partial charge in [0.2, 0.25) is 5.88 Å². The number of H-pyrrole nitrogens is 1. The van der Waals surface area contributed by atoms with Crippen LogP contribution in [0, 0.1) is 6.92 Å². The van der Waals surface area contributed by atoms with E-state index in [9.17, 15) is 8.42 Å². The van der Waals surface area contributed by atoms with Crippen molar-refractivity contribution in [3.63, 3.8) is 0 Å². The minimum absolute atomic E-state index is 0.225. The highest BCUT2D eigenvalue weighted by Crippen LogP contribution is 2.33. The van der Waals surface area contributed by atoms with Gasteiger partial charge >= 0.3 is 0 Å². The molecule has 0 atom stereocenters. The normalized spacial score (nSPS) is 11.2. The number of aryl methyl sites for hydroxylation is 1. The molecule has 9 heteroatoms. The summed E-state index contributed by atoms with van der Waals surface area (Å²) in [6.45, 7) is 2.28. The Labute approximate surface area is 192 Å². The van der Waals surface area contributed by atoms with Crippen LogP contribution in [0.5, 0.6) is 23.1 Å². The zero-order valence-electron chi connectivity index (χ0n) is 18.4. The summed E-state index contributed by atoms with van der Waals surface area (Å²) in [5.74, 6) is 2.04. The summed E-state index contributed by atoms with van der Waals surface area (Å²) >= 11 is 0. The van der Waals surface area contributed by atoms with E-state index < -0.39 is 9.84 Å². The standard InChI is InChI=1S/C24H23N3O5S/c1-16-5-4-10-25-23(16)15-31-19-11-17(22-14-24(30-2)27-26-22)12-20(13-19)32-18-6-8-21(9-7-18)33(3,28)29/h4-14H,15H2,1-3H3,(H,26,27). The van der Waals surface area contributed by atoms with Gasteiger partial charge in [-0.25, -0.2) is 8.42 Å². The second kappa shape index (κ2) is 9.33. The number of ether oxygens (including phenoxy) is 3. The van der Waals surface area contributed by atoms with Gasteiger partial charge in [-0.2, -0.15) is 0 Å². The first-order valence-electron chi connectivity index (χ1n) is 10.1. The van der Waals surface area contributed by atoms with Crippen LogP contribution in [-0.2, 0) is 16.4 Å². The molecule has 0 bridgehead atoms. The second-order valence-corrected chi connectivity index (χ2v) is 9.43. The summed E-state index contributed by atoms with van der Waals surface area (Å²) in [5, 5.41) is 7.03. The van der Waals surface area contributed by atoms with Gasteiger partial charge in [0.05, 0.1) is 23.4 Å². The highest BCUT2D eigenvalue weighted by atomic mass is 32.2. The number of nitrogens with zero attached hydrogens (tertiary/aromatic N) is 2. The van der Waals surface area contributed by atoms with Crippen LogP contribution in [0.2, 0.25) is 0 Å². The number of rotatable bonds is 8. The number of aromatic amines is 1. The number of hydrogen-bond donors (Lipinski definition) is 1. The molecule has 0 saturated carbocycles. The van der Waals surface area contributed by atoms with Gasteiger partial charge in [-0.05, 0) is 55.0 Å². The predicted octanol–water partition coefficient (Wildman–Crippen LogP) is 4.56. The van der Waals surface area contributed by atoms with Crippen molar-refractivity contribution in [2.75, 3.05) is 13.4 Å². The molecular formula is C24H23N3O5S. The Hall–Kier alpha value is -3.85. The molecule has 33 heavy (non-hydrogen) atoms. The fourth-order valence-electron chi connectivity index (χ4n) is 3.14. The van der Waals surface area contributed by atoms with Crippen LogP contribution in [-0.4, -0.2) is 37.0 Å². The number of methoxy groups -OCH3 is 1. The second-order valence-electron chi connectivity index (χ2n) is 7.42. The molecule has 2 aromatic carbocycles. The van der Waals surface area contributed by atoms with Crippen molar-refractivity contribution in [1.29, 1.82) is 0 Å². The summed E-state index contributed by atoms with van der Waals surface area (Å²) in [7, 11) is -1.74. The average molecular weight is 466 g/mol. The number of nitrogens with one attached hydrogen (secondary N) is 1. The molecule has 4 aromatic rings. The van der Waals surface area contributed by atoms with Crippen molar-refractivity contribution in [1.82, 2.24) is 15.2 Å². The third-order valence-electron chi connectivity index (χ3n) is 4.94. The summed E-state index contributed by atoms with van der Waals surface area (Å²) in [6.07, 6.45) is 2.89. The molecule has 0 aliphatic rings. The minimum Gasteiger partial charge on any atom is -0.487 e. The maximum absolute atomic E-state index is 11.7. The van der Waals surface area contributed by atoms with Crippen LogP contribution in [0.4, 0.5) is 0 Å². The van der Waals surface area contributed by atoms with Gasteiger partial charge in [-0.3, -0.25) is 10.1 Å². The van der Waals surface area contributed by atoms with Gasteiger partial charge in [-0.1, -0.05) is 6.07 Å². The molecule has 0 amide bonds. The summed E-state index contributed by atoms with van der Waals surface area (Å²) in [6, 6.07) is 17.3. The van der Waals surface area contributed by atoms with Gasteiger partial charge < -0.3 is 14.2 Å². The number of hydrogen-bond acceptors (Lipinski definition) is 7. The van der Waals surface area contributed by atoms with Gasteiger partial charge in [0.15, 0.2) is 9.84 Å². The molecule has 170 valence electrons. The van der Waals surface area contributed by atoms with E-state index in [0.29, 0.717) is 29.7 Å². The highest BCUT2D eigenvalue weighted by molar-refractivity contribution is 7.90. The quantitative estimate of drug-likeness (QED) is 0.407. The Morgan fingerprint density at radius 3 is 2.39 bits per heavy atom. The number of aromatic nitrogens is 3. The molecule has 0 spiro atoms. The fourth-order valence-corrected chi connectivity index (χ4v) is 3.77. The molecular weight excluding hydrogens is 442 g/mol. The van der Waals surface area contributed by atoms with Crippen molar-refractivity contribution < 1.29 is 22.6 Å². The first kappa shape index (κ1) is 22.3. The number of pyridine rings is 1. The van der Waals surface area contributed by atoms with Gasteiger partial charge in [0, 0.05) is 30.1 Å². The molecule has 0 aliphatic carbocycles. The van der Waals surface area contributed by atoms with Crippen LogP contribution >= 0.6 is 0 Å². The van der Waals surface area contributed by atoms with Crippen LogP contribution in [0.25, 0.3) is 11.3 Å². The Balaban J connectivity index is 1.64. The lowest BCUT2D eigenvalue weighted by atomic mass is 10.1. The third kappa shape index (κ3) is 5.50. The van der Waals surface area contributed by atoms with E-state index in [2.05, 4.69) is 15.2 Å². The maximum Gasteiger partial charge on any atom is 0.232 e. The van der Waals surface area contributed by atoms with Crippen molar-refractivity contribution >= 4 is 9.84 Å². The van der Waals surface area contributed by atoms with E-state index in [0.717, 1.165) is 28.8 Å². The topological polar surface area (TPSA) is 103 Å². The molecule has 0 saturated heterocycles. The van der Waals surface area contributed by atoms with E-state index in [1.165, 1.54) is 12.1 Å². The first-order chi connectivity index (χ1) is 15.8. The molecule has 4 rings (SSSR count). The Morgan fingerprint density at radius 1 is 0.970 bits per heavy atom. The first-order valence-corrected chi connectivity index (χ1v) is 12.0. The van der Waals surface area contributed by atoms with Gasteiger partial charge in [0.1, 0.15) is 23.9 Å². The van der Waals surface area contributed by atoms with Crippen LogP contribution in [0.3, 0.4) is 0 Å². The molecule has 2 aromatic heterocycles. The van der Waals surface area contributed by atoms with Crippen molar-refractivity contribution in [2.24, 2.45) is 0 Å². The Morgan fingerprint density at radius 2 is 1.73 bits per heavy atom. The fraction of sp³-hybridized carbons (Fsp3) is 0.167. The third-order valence-corrected chi connectivity index (χ3v) is 6.06. The largest absolute Gasteiger partial charge is 0.487 e. The molecule has 0 aliphatic heterocycles. The zero-order chi connectivity index (χ0) is 23.4. The minimum atomic E-state index is -3.28. The Bertz CT molecular complexity index is 1370. The monoisotopic (exact) mass is 465 g/mol. The maximum atomic E-state index is 11.7. The van der Waals surface area contributed by atoms with E-state index in [-0.39, 0.29) is 4.90 Å². The summed E-state index contributed by atoms with van der Waals surface area (Å²) < 4.78 is 40.6. The SMILES string of the molecule is COc1cc(-c2cc(OCc3ncccc3C)cc(Oc3ccc(S(C)(=O)=O)cc3)c2)[nH]n1. The van der Waals surface area contributed by atoms with Crippen molar-refractivity contribution in [3.8, 4) is 34.4 Å².